The SMILES string of the molecule is O=C(NC(C(=O)O)c1cccs1)C1CCCc2sccc21. The lowest BCUT2D eigenvalue weighted by Crippen LogP contribution is -2.37. The fraction of sp³-hybridized carbons (Fsp3) is 0.333. The molecule has 0 radical (unpaired) electrons. The number of carboxylic acids is 1. The topological polar surface area (TPSA) is 66.4 Å². The maximum atomic E-state index is 12.5. The molecule has 0 saturated carbocycles. The minimum Gasteiger partial charge on any atom is -0.479 e. The number of hydrogen-bond donors (Lipinski definition) is 2. The van der Waals surface area contributed by atoms with Crippen molar-refractivity contribution in [2.45, 2.75) is 31.2 Å². The molecule has 2 N–H and O–H groups in total. The summed E-state index contributed by atoms with van der Waals surface area (Å²) in [6, 6.07) is 4.56. The average Bonchev–Trinajstić information content (AvgIpc) is 3.14. The highest BCUT2D eigenvalue weighted by Gasteiger charge is 2.31. The summed E-state index contributed by atoms with van der Waals surface area (Å²) < 4.78 is 0. The number of carbonyl (C=O) groups excluding carboxylic acids is 1. The Morgan fingerprint density at radius 2 is 2.14 bits per heavy atom. The number of aliphatic carboxylic acids is 1. The molecule has 0 fully saturated rings. The zero-order chi connectivity index (χ0) is 14.8. The Balaban J connectivity index is 1.79. The third-order valence-corrected chi connectivity index (χ3v) is 5.66. The highest BCUT2D eigenvalue weighted by Crippen LogP contribution is 2.35. The molecule has 110 valence electrons. The van der Waals surface area contributed by atoms with E-state index in [0.29, 0.717) is 4.88 Å². The van der Waals surface area contributed by atoms with Gasteiger partial charge in [0.05, 0.1) is 5.92 Å². The molecule has 2 atom stereocenters. The zero-order valence-electron chi connectivity index (χ0n) is 11.2. The van der Waals surface area contributed by atoms with Crippen LogP contribution in [0.3, 0.4) is 0 Å². The Bertz CT molecular complexity index is 648. The molecule has 0 spiro atoms. The predicted octanol–water partition coefficient (Wildman–Crippen LogP) is 3.17. The van der Waals surface area contributed by atoms with E-state index in [0.717, 1.165) is 24.8 Å². The normalized spacial score (nSPS) is 18.8. The minimum atomic E-state index is -1.02. The molecule has 0 aromatic carbocycles. The minimum absolute atomic E-state index is 0.185. The van der Waals surface area contributed by atoms with Gasteiger partial charge in [0.15, 0.2) is 6.04 Å². The molecule has 2 unspecified atom stereocenters. The quantitative estimate of drug-likeness (QED) is 0.909. The molecule has 1 amide bonds. The molecule has 1 aliphatic carbocycles. The Morgan fingerprint density at radius 1 is 1.29 bits per heavy atom. The number of hydrogen-bond acceptors (Lipinski definition) is 4. The number of rotatable bonds is 4. The monoisotopic (exact) mass is 321 g/mol. The van der Waals surface area contributed by atoms with Crippen LogP contribution in [0, 0.1) is 0 Å². The van der Waals surface area contributed by atoms with Crippen LogP contribution < -0.4 is 5.32 Å². The zero-order valence-corrected chi connectivity index (χ0v) is 12.9. The smallest absolute Gasteiger partial charge is 0.331 e. The van der Waals surface area contributed by atoms with Crippen LogP contribution in [-0.2, 0) is 16.0 Å². The van der Waals surface area contributed by atoms with Crippen LogP contribution in [0.1, 0.15) is 40.1 Å². The van der Waals surface area contributed by atoms with Gasteiger partial charge in [-0.3, -0.25) is 4.79 Å². The van der Waals surface area contributed by atoms with E-state index in [2.05, 4.69) is 5.32 Å². The fourth-order valence-electron chi connectivity index (χ4n) is 2.71. The third-order valence-electron chi connectivity index (χ3n) is 3.73. The van der Waals surface area contributed by atoms with Crippen LogP contribution in [0.2, 0.25) is 0 Å². The summed E-state index contributed by atoms with van der Waals surface area (Å²) in [5.74, 6) is -1.43. The molecule has 0 bridgehead atoms. The first-order chi connectivity index (χ1) is 10.2. The van der Waals surface area contributed by atoms with Gasteiger partial charge in [-0.2, -0.15) is 0 Å². The molecule has 1 aliphatic rings. The van der Waals surface area contributed by atoms with Gasteiger partial charge in [0.25, 0.3) is 0 Å². The maximum Gasteiger partial charge on any atom is 0.331 e. The first-order valence-corrected chi connectivity index (χ1v) is 8.55. The van der Waals surface area contributed by atoms with Crippen molar-refractivity contribution in [3.05, 3.63) is 44.3 Å². The summed E-state index contributed by atoms with van der Waals surface area (Å²) >= 11 is 3.02. The van der Waals surface area contributed by atoms with Gasteiger partial charge in [-0.15, -0.1) is 22.7 Å². The molecular formula is C15H15NO3S2. The van der Waals surface area contributed by atoms with Gasteiger partial charge in [0.2, 0.25) is 5.91 Å². The van der Waals surface area contributed by atoms with E-state index >= 15 is 0 Å². The Hall–Kier alpha value is -1.66. The second kappa shape index (κ2) is 5.99. The van der Waals surface area contributed by atoms with Crippen molar-refractivity contribution >= 4 is 34.6 Å². The molecule has 21 heavy (non-hydrogen) atoms. The summed E-state index contributed by atoms with van der Waals surface area (Å²) in [6.45, 7) is 0. The fourth-order valence-corrected chi connectivity index (χ4v) is 4.47. The summed E-state index contributed by atoms with van der Waals surface area (Å²) in [6.07, 6.45) is 2.78. The van der Waals surface area contributed by atoms with Crippen LogP contribution >= 0.6 is 22.7 Å². The molecular weight excluding hydrogens is 306 g/mol. The van der Waals surface area contributed by atoms with Gasteiger partial charge in [0, 0.05) is 9.75 Å². The van der Waals surface area contributed by atoms with Crippen LogP contribution in [-0.4, -0.2) is 17.0 Å². The van der Waals surface area contributed by atoms with Crippen molar-refractivity contribution in [1.82, 2.24) is 5.32 Å². The number of carboxylic acid groups (broad SMARTS) is 1. The molecule has 2 aromatic rings. The highest BCUT2D eigenvalue weighted by molar-refractivity contribution is 7.10. The van der Waals surface area contributed by atoms with Gasteiger partial charge in [-0.05, 0) is 47.7 Å². The van der Waals surface area contributed by atoms with E-state index in [1.807, 2.05) is 16.8 Å². The summed E-state index contributed by atoms with van der Waals surface area (Å²) in [7, 11) is 0. The van der Waals surface area contributed by atoms with E-state index in [4.69, 9.17) is 0 Å². The first kappa shape index (κ1) is 14.3. The van der Waals surface area contributed by atoms with E-state index in [-0.39, 0.29) is 11.8 Å². The molecule has 2 aromatic heterocycles. The van der Waals surface area contributed by atoms with Crippen molar-refractivity contribution in [2.24, 2.45) is 0 Å². The molecule has 3 rings (SSSR count). The van der Waals surface area contributed by atoms with Gasteiger partial charge in [0.1, 0.15) is 0 Å². The number of amides is 1. The molecule has 6 heteroatoms. The van der Waals surface area contributed by atoms with Crippen molar-refractivity contribution < 1.29 is 14.7 Å². The standard InChI is InChI=1S/C15H15NO3S2/c17-14(10-3-1-4-11-9(10)6-8-21-11)16-13(15(18)19)12-5-2-7-20-12/h2,5-8,10,13H,1,3-4H2,(H,16,17)(H,18,19). The third kappa shape index (κ3) is 2.87. The second-order valence-corrected chi connectivity index (χ2v) is 7.02. The van der Waals surface area contributed by atoms with E-state index in [1.54, 1.807) is 23.5 Å². The van der Waals surface area contributed by atoms with Crippen molar-refractivity contribution in [3.63, 3.8) is 0 Å². The number of nitrogens with one attached hydrogen (secondary N) is 1. The average molecular weight is 321 g/mol. The molecule has 4 nitrogen and oxygen atoms in total. The number of fused-ring (bicyclic) bond motifs is 1. The van der Waals surface area contributed by atoms with Gasteiger partial charge >= 0.3 is 5.97 Å². The summed E-state index contributed by atoms with van der Waals surface area (Å²) in [4.78, 5) is 25.8. The number of carbonyl (C=O) groups is 2. The number of thiophene rings is 2. The lowest BCUT2D eigenvalue weighted by atomic mass is 9.87. The Morgan fingerprint density at radius 3 is 2.86 bits per heavy atom. The van der Waals surface area contributed by atoms with Gasteiger partial charge < -0.3 is 10.4 Å². The van der Waals surface area contributed by atoms with Crippen LogP contribution in [0.5, 0.6) is 0 Å². The van der Waals surface area contributed by atoms with E-state index in [9.17, 15) is 14.7 Å². The van der Waals surface area contributed by atoms with Crippen LogP contribution in [0.15, 0.2) is 29.0 Å². The van der Waals surface area contributed by atoms with Crippen LogP contribution in [0.25, 0.3) is 0 Å². The number of aryl methyl sites for hydroxylation is 1. The van der Waals surface area contributed by atoms with E-state index in [1.165, 1.54) is 16.2 Å². The molecule has 0 aliphatic heterocycles. The highest BCUT2D eigenvalue weighted by atomic mass is 32.1. The van der Waals surface area contributed by atoms with E-state index < -0.39 is 12.0 Å². The lowest BCUT2D eigenvalue weighted by Gasteiger charge is -2.23. The second-order valence-electron chi connectivity index (χ2n) is 5.04. The summed E-state index contributed by atoms with van der Waals surface area (Å²) in [5, 5.41) is 15.9. The van der Waals surface area contributed by atoms with Crippen molar-refractivity contribution in [1.29, 1.82) is 0 Å². The first-order valence-electron chi connectivity index (χ1n) is 6.79. The Labute approximate surface area is 130 Å². The van der Waals surface area contributed by atoms with Crippen molar-refractivity contribution in [2.75, 3.05) is 0 Å². The lowest BCUT2D eigenvalue weighted by molar-refractivity contribution is -0.142. The predicted molar refractivity (Wildman–Crippen MR) is 82.8 cm³/mol. The Kier molecular flexibility index (Phi) is 4.07. The van der Waals surface area contributed by atoms with Crippen LogP contribution in [0.4, 0.5) is 0 Å². The van der Waals surface area contributed by atoms with Crippen molar-refractivity contribution in [3.8, 4) is 0 Å². The maximum absolute atomic E-state index is 12.5. The molecule has 0 saturated heterocycles. The summed E-state index contributed by atoms with van der Waals surface area (Å²) in [5.41, 5.74) is 1.07. The van der Waals surface area contributed by atoms with Gasteiger partial charge in [-0.1, -0.05) is 6.07 Å². The largest absolute Gasteiger partial charge is 0.479 e. The molecule has 2 heterocycles. The van der Waals surface area contributed by atoms with Gasteiger partial charge in [-0.25, -0.2) is 4.79 Å².